The lowest BCUT2D eigenvalue weighted by Crippen LogP contribution is -2.38. The molecule has 1 unspecified atom stereocenters. The van der Waals surface area contributed by atoms with E-state index >= 15 is 0 Å². The molecule has 126 valence electrons. The van der Waals surface area contributed by atoms with Crippen LogP contribution >= 0.6 is 0 Å². The summed E-state index contributed by atoms with van der Waals surface area (Å²) in [5.41, 5.74) is 2.31. The van der Waals surface area contributed by atoms with Gasteiger partial charge in [0.2, 0.25) is 0 Å². The summed E-state index contributed by atoms with van der Waals surface area (Å²) >= 11 is 0. The van der Waals surface area contributed by atoms with Gasteiger partial charge in [0.1, 0.15) is 24.3 Å². The Bertz CT molecular complexity index is 670. The van der Waals surface area contributed by atoms with Crippen molar-refractivity contribution in [2.75, 3.05) is 26.2 Å². The van der Waals surface area contributed by atoms with Gasteiger partial charge in [0.25, 0.3) is 0 Å². The third-order valence-corrected chi connectivity index (χ3v) is 4.16. The van der Waals surface area contributed by atoms with Crippen molar-refractivity contribution < 1.29 is 14.2 Å². The first-order valence-electron chi connectivity index (χ1n) is 8.24. The van der Waals surface area contributed by atoms with E-state index in [1.54, 1.807) is 0 Å². The molecule has 0 aromatic heterocycles. The maximum absolute atomic E-state index is 13.0. The van der Waals surface area contributed by atoms with E-state index in [2.05, 4.69) is 11.0 Å². The van der Waals surface area contributed by atoms with Crippen molar-refractivity contribution in [2.24, 2.45) is 0 Å². The fourth-order valence-electron chi connectivity index (χ4n) is 2.86. The van der Waals surface area contributed by atoms with E-state index in [1.807, 2.05) is 42.5 Å². The molecule has 0 bridgehead atoms. The molecule has 1 heterocycles. The topological polar surface area (TPSA) is 32.7 Å². The zero-order valence-electron chi connectivity index (χ0n) is 13.6. The molecular weight excluding hydrogens is 305 g/mol. The normalized spacial score (nSPS) is 16.5. The molecule has 0 saturated carbocycles. The Kier molecular flexibility index (Phi) is 5.62. The smallest absolute Gasteiger partial charge is 0.123 e. The summed E-state index contributed by atoms with van der Waals surface area (Å²) in [6.45, 7) is 2.54. The van der Waals surface area contributed by atoms with E-state index in [0.717, 1.165) is 30.8 Å². The van der Waals surface area contributed by atoms with Gasteiger partial charge < -0.3 is 9.84 Å². The number of nitrogens with zero attached hydrogens (tertiary/aromatic N) is 1. The summed E-state index contributed by atoms with van der Waals surface area (Å²) < 4.78 is 18.6. The third kappa shape index (κ3) is 4.66. The fraction of sp³-hybridized carbons (Fsp3) is 0.300. The molecule has 0 aliphatic carbocycles. The summed E-state index contributed by atoms with van der Waals surface area (Å²) in [5.74, 6) is 0.562. The Labute approximate surface area is 142 Å². The van der Waals surface area contributed by atoms with Gasteiger partial charge in [0, 0.05) is 19.6 Å². The molecule has 3 nitrogen and oxygen atoms in total. The Morgan fingerprint density at radius 2 is 1.83 bits per heavy atom. The van der Waals surface area contributed by atoms with E-state index in [0.29, 0.717) is 6.54 Å². The van der Waals surface area contributed by atoms with Crippen LogP contribution in [0.15, 0.2) is 60.7 Å². The highest BCUT2D eigenvalue weighted by molar-refractivity contribution is 5.66. The number of β-amino-alcohol motifs (C(OH)–C–C–N with tert-alkyl or cyclic N) is 1. The molecule has 0 amide bonds. The van der Waals surface area contributed by atoms with Gasteiger partial charge in [-0.15, -0.1) is 0 Å². The first kappa shape index (κ1) is 16.7. The van der Waals surface area contributed by atoms with Crippen molar-refractivity contribution in [1.82, 2.24) is 4.90 Å². The Morgan fingerprint density at radius 3 is 2.50 bits per heavy atom. The van der Waals surface area contributed by atoms with Gasteiger partial charge in [-0.1, -0.05) is 36.4 Å². The van der Waals surface area contributed by atoms with Crippen LogP contribution in [0.3, 0.4) is 0 Å². The molecule has 2 aromatic carbocycles. The number of ether oxygens (including phenoxy) is 1. The van der Waals surface area contributed by atoms with E-state index in [1.165, 1.54) is 17.7 Å². The van der Waals surface area contributed by atoms with Gasteiger partial charge in [-0.2, -0.15) is 0 Å². The highest BCUT2D eigenvalue weighted by Crippen LogP contribution is 2.22. The standard InChI is InChI=1S/C20H22FNO2/c21-18-8-6-16(7-9-18)17-10-12-22(13-11-17)14-19(23)15-24-20-4-2-1-3-5-20/h1-10,19,23H,11-15H2. The van der Waals surface area contributed by atoms with E-state index in [9.17, 15) is 9.50 Å². The summed E-state index contributed by atoms with van der Waals surface area (Å²) in [4.78, 5) is 2.20. The first-order valence-corrected chi connectivity index (χ1v) is 8.24. The van der Waals surface area contributed by atoms with Crippen molar-refractivity contribution >= 4 is 5.57 Å². The average molecular weight is 327 g/mol. The van der Waals surface area contributed by atoms with Crippen molar-refractivity contribution in [3.05, 3.63) is 72.1 Å². The van der Waals surface area contributed by atoms with Gasteiger partial charge in [-0.05, 0) is 41.8 Å². The average Bonchev–Trinajstić information content (AvgIpc) is 2.62. The van der Waals surface area contributed by atoms with E-state index in [4.69, 9.17) is 4.74 Å². The lowest BCUT2D eigenvalue weighted by Gasteiger charge is -2.28. The summed E-state index contributed by atoms with van der Waals surface area (Å²) in [5, 5.41) is 10.1. The van der Waals surface area contributed by atoms with Crippen molar-refractivity contribution in [3.63, 3.8) is 0 Å². The highest BCUT2D eigenvalue weighted by atomic mass is 19.1. The van der Waals surface area contributed by atoms with Crippen LogP contribution in [0.2, 0.25) is 0 Å². The van der Waals surface area contributed by atoms with Crippen LogP contribution < -0.4 is 4.74 Å². The molecule has 24 heavy (non-hydrogen) atoms. The minimum absolute atomic E-state index is 0.210. The third-order valence-electron chi connectivity index (χ3n) is 4.16. The zero-order chi connectivity index (χ0) is 16.8. The molecule has 0 spiro atoms. The van der Waals surface area contributed by atoms with Gasteiger partial charge in [-0.3, -0.25) is 4.90 Å². The predicted molar refractivity (Wildman–Crippen MR) is 93.4 cm³/mol. The van der Waals surface area contributed by atoms with Gasteiger partial charge in [0.15, 0.2) is 0 Å². The molecular formula is C20H22FNO2. The predicted octanol–water partition coefficient (Wildman–Crippen LogP) is 3.35. The maximum atomic E-state index is 13.0. The lowest BCUT2D eigenvalue weighted by atomic mass is 9.99. The van der Waals surface area contributed by atoms with Crippen LogP contribution in [0.25, 0.3) is 5.57 Å². The Hall–Kier alpha value is -2.17. The number of halogens is 1. The van der Waals surface area contributed by atoms with Gasteiger partial charge >= 0.3 is 0 Å². The van der Waals surface area contributed by atoms with Crippen molar-refractivity contribution in [2.45, 2.75) is 12.5 Å². The van der Waals surface area contributed by atoms with Crippen LogP contribution in [0.4, 0.5) is 4.39 Å². The lowest BCUT2D eigenvalue weighted by molar-refractivity contribution is 0.0717. The molecule has 4 heteroatoms. The fourth-order valence-corrected chi connectivity index (χ4v) is 2.86. The summed E-state index contributed by atoms with van der Waals surface area (Å²) in [6.07, 6.45) is 2.53. The summed E-state index contributed by atoms with van der Waals surface area (Å²) in [7, 11) is 0. The van der Waals surface area contributed by atoms with Crippen LogP contribution in [0, 0.1) is 5.82 Å². The monoisotopic (exact) mass is 327 g/mol. The Morgan fingerprint density at radius 1 is 1.08 bits per heavy atom. The zero-order valence-corrected chi connectivity index (χ0v) is 13.6. The van der Waals surface area contributed by atoms with Crippen LogP contribution in [-0.4, -0.2) is 42.4 Å². The van der Waals surface area contributed by atoms with Gasteiger partial charge in [0.05, 0.1) is 0 Å². The van der Waals surface area contributed by atoms with E-state index in [-0.39, 0.29) is 12.4 Å². The number of hydrogen-bond acceptors (Lipinski definition) is 3. The number of rotatable bonds is 6. The van der Waals surface area contributed by atoms with Gasteiger partial charge in [-0.25, -0.2) is 4.39 Å². The molecule has 1 N–H and O–H groups in total. The molecule has 1 aliphatic rings. The molecule has 2 aromatic rings. The quantitative estimate of drug-likeness (QED) is 0.883. The van der Waals surface area contributed by atoms with Crippen molar-refractivity contribution in [1.29, 1.82) is 0 Å². The molecule has 0 saturated heterocycles. The second kappa shape index (κ2) is 8.08. The summed E-state index contributed by atoms with van der Waals surface area (Å²) in [6, 6.07) is 16.1. The number of para-hydroxylation sites is 1. The molecule has 0 radical (unpaired) electrons. The first-order chi connectivity index (χ1) is 11.7. The molecule has 1 atom stereocenters. The van der Waals surface area contributed by atoms with Crippen LogP contribution in [0.5, 0.6) is 5.75 Å². The molecule has 1 aliphatic heterocycles. The molecule has 3 rings (SSSR count). The van der Waals surface area contributed by atoms with E-state index < -0.39 is 6.10 Å². The number of aliphatic hydroxyl groups excluding tert-OH is 1. The number of hydrogen-bond donors (Lipinski definition) is 1. The SMILES string of the molecule is OC(COc1ccccc1)CN1CC=C(c2ccc(F)cc2)CC1. The highest BCUT2D eigenvalue weighted by Gasteiger charge is 2.16. The number of aliphatic hydroxyl groups is 1. The number of benzene rings is 2. The second-order valence-corrected chi connectivity index (χ2v) is 6.02. The van der Waals surface area contributed by atoms with Crippen molar-refractivity contribution in [3.8, 4) is 5.75 Å². The maximum Gasteiger partial charge on any atom is 0.123 e. The van der Waals surface area contributed by atoms with Crippen LogP contribution in [0.1, 0.15) is 12.0 Å². The largest absolute Gasteiger partial charge is 0.491 e. The van der Waals surface area contributed by atoms with Crippen LogP contribution in [-0.2, 0) is 0 Å². The molecule has 0 fully saturated rings. The minimum atomic E-state index is -0.522. The minimum Gasteiger partial charge on any atom is -0.491 e. The Balaban J connectivity index is 1.46. The second-order valence-electron chi connectivity index (χ2n) is 6.02.